The van der Waals surface area contributed by atoms with Crippen molar-refractivity contribution in [2.24, 2.45) is 0 Å². The third kappa shape index (κ3) is 6.86. The molecule has 28 heavy (non-hydrogen) atoms. The van der Waals surface area contributed by atoms with Crippen molar-refractivity contribution in [1.29, 1.82) is 0 Å². The van der Waals surface area contributed by atoms with Gasteiger partial charge in [-0.3, -0.25) is 4.90 Å². The number of aliphatic hydroxyl groups is 1. The zero-order valence-corrected chi connectivity index (χ0v) is 16.2. The summed E-state index contributed by atoms with van der Waals surface area (Å²) in [6, 6.07) is 12.0. The highest BCUT2D eigenvalue weighted by Crippen LogP contribution is 2.28. The van der Waals surface area contributed by atoms with Gasteiger partial charge in [0.05, 0.1) is 26.9 Å². The zero-order valence-electron chi connectivity index (χ0n) is 16.2. The van der Waals surface area contributed by atoms with Crippen molar-refractivity contribution in [3.05, 3.63) is 59.4 Å². The Bertz CT molecular complexity index is 773. The molecule has 0 heterocycles. The van der Waals surface area contributed by atoms with Crippen molar-refractivity contribution in [1.82, 2.24) is 4.90 Å². The number of methoxy groups -OCH3 is 2. The lowest BCUT2D eigenvalue weighted by Gasteiger charge is -2.25. The SMILES string of the molecule is C#CCOC[C@H](O)CN(Cc1ccc(F)cc1)Cc1ccc(OC)c(OC)c1. The quantitative estimate of drug-likeness (QED) is 0.475. The van der Waals surface area contributed by atoms with E-state index in [0.29, 0.717) is 31.1 Å². The van der Waals surface area contributed by atoms with Crippen LogP contribution in [-0.2, 0) is 17.8 Å². The van der Waals surface area contributed by atoms with Gasteiger partial charge in [0.15, 0.2) is 11.5 Å². The van der Waals surface area contributed by atoms with Crippen LogP contribution in [0.5, 0.6) is 11.5 Å². The predicted molar refractivity (Wildman–Crippen MR) is 106 cm³/mol. The predicted octanol–water partition coefficient (Wildman–Crippen LogP) is 2.86. The summed E-state index contributed by atoms with van der Waals surface area (Å²) in [7, 11) is 3.18. The van der Waals surface area contributed by atoms with Gasteiger partial charge in [-0.25, -0.2) is 4.39 Å². The smallest absolute Gasteiger partial charge is 0.161 e. The van der Waals surface area contributed by atoms with Crippen molar-refractivity contribution in [2.75, 3.05) is 34.0 Å². The van der Waals surface area contributed by atoms with Crippen LogP contribution >= 0.6 is 0 Å². The average molecular weight is 387 g/mol. The molecule has 1 atom stereocenters. The van der Waals surface area contributed by atoms with Crippen LogP contribution in [0.1, 0.15) is 11.1 Å². The Labute approximate surface area is 165 Å². The van der Waals surface area contributed by atoms with Crippen molar-refractivity contribution in [2.45, 2.75) is 19.2 Å². The van der Waals surface area contributed by atoms with Gasteiger partial charge in [0.1, 0.15) is 12.4 Å². The summed E-state index contributed by atoms with van der Waals surface area (Å²) >= 11 is 0. The summed E-state index contributed by atoms with van der Waals surface area (Å²) < 4.78 is 29.1. The first-order valence-electron chi connectivity index (χ1n) is 8.92. The van der Waals surface area contributed by atoms with Gasteiger partial charge < -0.3 is 19.3 Å². The van der Waals surface area contributed by atoms with Crippen LogP contribution in [0.4, 0.5) is 4.39 Å². The molecule has 0 fully saturated rings. The second-order valence-corrected chi connectivity index (χ2v) is 6.36. The summed E-state index contributed by atoms with van der Waals surface area (Å²) in [5.41, 5.74) is 1.94. The third-order valence-electron chi connectivity index (χ3n) is 4.14. The molecule has 150 valence electrons. The average Bonchev–Trinajstić information content (AvgIpc) is 2.69. The molecule has 0 amide bonds. The van der Waals surface area contributed by atoms with Crippen LogP contribution in [0, 0.1) is 18.2 Å². The lowest BCUT2D eigenvalue weighted by atomic mass is 10.1. The molecule has 1 N–H and O–H groups in total. The van der Waals surface area contributed by atoms with Crippen LogP contribution in [0.25, 0.3) is 0 Å². The molecular weight excluding hydrogens is 361 g/mol. The lowest BCUT2D eigenvalue weighted by molar-refractivity contribution is 0.0243. The molecule has 2 aromatic carbocycles. The maximum absolute atomic E-state index is 13.2. The van der Waals surface area contributed by atoms with E-state index in [-0.39, 0.29) is 19.0 Å². The van der Waals surface area contributed by atoms with Gasteiger partial charge in [-0.1, -0.05) is 24.1 Å². The molecule has 0 unspecified atom stereocenters. The molecule has 0 spiro atoms. The van der Waals surface area contributed by atoms with Gasteiger partial charge in [-0.2, -0.15) is 0 Å². The molecule has 0 saturated heterocycles. The first-order chi connectivity index (χ1) is 13.5. The van der Waals surface area contributed by atoms with Crippen LogP contribution in [0.2, 0.25) is 0 Å². The molecule has 0 radical (unpaired) electrons. The van der Waals surface area contributed by atoms with Crippen molar-refractivity contribution in [3.63, 3.8) is 0 Å². The van der Waals surface area contributed by atoms with Gasteiger partial charge in [0.2, 0.25) is 0 Å². The molecular formula is C22H26FNO4. The maximum atomic E-state index is 13.2. The summed E-state index contributed by atoms with van der Waals surface area (Å²) in [4.78, 5) is 2.05. The Morgan fingerprint density at radius 1 is 1.04 bits per heavy atom. The number of hydrogen-bond donors (Lipinski definition) is 1. The van der Waals surface area contributed by atoms with E-state index in [2.05, 4.69) is 10.8 Å². The molecule has 0 aliphatic heterocycles. The molecule has 5 nitrogen and oxygen atoms in total. The van der Waals surface area contributed by atoms with E-state index in [0.717, 1.165) is 11.1 Å². The normalized spacial score (nSPS) is 11.9. The van der Waals surface area contributed by atoms with E-state index < -0.39 is 6.10 Å². The van der Waals surface area contributed by atoms with Gasteiger partial charge in [-0.05, 0) is 35.4 Å². The van der Waals surface area contributed by atoms with Crippen molar-refractivity contribution < 1.29 is 23.7 Å². The second kappa shape index (κ2) is 11.3. The first kappa shape index (κ1) is 21.7. The number of rotatable bonds is 11. The van der Waals surface area contributed by atoms with Crippen molar-refractivity contribution in [3.8, 4) is 23.8 Å². The lowest BCUT2D eigenvalue weighted by Crippen LogP contribution is -2.34. The van der Waals surface area contributed by atoms with Gasteiger partial charge in [0.25, 0.3) is 0 Å². The Morgan fingerprint density at radius 3 is 2.32 bits per heavy atom. The summed E-state index contributed by atoms with van der Waals surface area (Å²) in [6.07, 6.45) is 4.46. The Hall–Kier alpha value is -2.59. The summed E-state index contributed by atoms with van der Waals surface area (Å²) in [5.74, 6) is 3.39. The molecule has 0 saturated carbocycles. The minimum atomic E-state index is -0.700. The standard InChI is InChI=1S/C22H26FNO4/c1-4-11-28-16-20(25)15-24(13-17-5-8-19(23)9-6-17)14-18-7-10-21(26-2)22(12-18)27-3/h1,5-10,12,20,25H,11,13-16H2,2-3H3/t20-/m1/s1. The van der Waals surface area contributed by atoms with Gasteiger partial charge in [0, 0.05) is 19.6 Å². The largest absolute Gasteiger partial charge is 0.493 e. The number of nitrogens with zero attached hydrogens (tertiary/aromatic N) is 1. The molecule has 0 aliphatic rings. The number of hydrogen-bond acceptors (Lipinski definition) is 5. The Morgan fingerprint density at radius 2 is 1.68 bits per heavy atom. The minimum absolute atomic E-state index is 0.149. The number of halogens is 1. The Balaban J connectivity index is 2.12. The fourth-order valence-corrected chi connectivity index (χ4v) is 2.87. The van der Waals surface area contributed by atoms with Crippen LogP contribution in [-0.4, -0.2) is 50.1 Å². The molecule has 0 aliphatic carbocycles. The van der Waals surface area contributed by atoms with E-state index >= 15 is 0 Å². The van der Waals surface area contributed by atoms with Gasteiger partial charge in [-0.15, -0.1) is 6.42 Å². The fraction of sp³-hybridized carbons (Fsp3) is 0.364. The monoisotopic (exact) mass is 387 g/mol. The van der Waals surface area contributed by atoms with E-state index in [1.807, 2.05) is 18.2 Å². The number of terminal acetylenes is 1. The minimum Gasteiger partial charge on any atom is -0.493 e. The van der Waals surface area contributed by atoms with Crippen LogP contribution in [0.3, 0.4) is 0 Å². The summed E-state index contributed by atoms with van der Waals surface area (Å²) in [5, 5.41) is 10.3. The number of benzene rings is 2. The van der Waals surface area contributed by atoms with E-state index in [1.165, 1.54) is 12.1 Å². The highest BCUT2D eigenvalue weighted by molar-refractivity contribution is 5.42. The highest BCUT2D eigenvalue weighted by atomic mass is 19.1. The molecule has 6 heteroatoms. The fourth-order valence-electron chi connectivity index (χ4n) is 2.87. The molecule has 0 bridgehead atoms. The topological polar surface area (TPSA) is 51.2 Å². The number of aliphatic hydroxyl groups excluding tert-OH is 1. The Kier molecular flexibility index (Phi) is 8.76. The number of ether oxygens (including phenoxy) is 3. The zero-order chi connectivity index (χ0) is 20.4. The van der Waals surface area contributed by atoms with Crippen LogP contribution < -0.4 is 9.47 Å². The van der Waals surface area contributed by atoms with Gasteiger partial charge >= 0.3 is 0 Å². The van der Waals surface area contributed by atoms with E-state index in [4.69, 9.17) is 20.6 Å². The maximum Gasteiger partial charge on any atom is 0.161 e. The van der Waals surface area contributed by atoms with E-state index in [1.54, 1.807) is 26.4 Å². The first-order valence-corrected chi connectivity index (χ1v) is 8.92. The molecule has 0 aromatic heterocycles. The second-order valence-electron chi connectivity index (χ2n) is 6.36. The molecule has 2 rings (SSSR count). The highest BCUT2D eigenvalue weighted by Gasteiger charge is 2.15. The summed E-state index contributed by atoms with van der Waals surface area (Å²) in [6.45, 7) is 1.78. The molecule has 2 aromatic rings. The third-order valence-corrected chi connectivity index (χ3v) is 4.14. The van der Waals surface area contributed by atoms with Crippen molar-refractivity contribution >= 4 is 0 Å². The van der Waals surface area contributed by atoms with E-state index in [9.17, 15) is 9.50 Å². The van der Waals surface area contributed by atoms with Crippen LogP contribution in [0.15, 0.2) is 42.5 Å².